The molecule has 4 nitrogen and oxygen atoms in total. The Morgan fingerprint density at radius 3 is 0.706 bits per heavy atom. The monoisotopic (exact) mass is 927 g/mol. The molecule has 2 N–H and O–H groups in total. The first-order valence-corrected chi connectivity index (χ1v) is 26.4. The molecule has 0 heterocycles. The number of para-hydroxylation sites is 2. The van der Waals surface area contributed by atoms with E-state index in [1.54, 1.807) is 0 Å². The van der Waals surface area contributed by atoms with E-state index in [0.29, 0.717) is 11.8 Å². The minimum Gasteiger partial charge on any atom is -0.326 e. The SMILES string of the molecule is CC.CC.CC.CC.CC.CC.CC.CC.CC(CC[C@@H](C(=O)Nc1ccccc1)c1ccccc1)c1ccccc1.CC(CC[C@H](C(=O)Nc1ccccc1)c1ccccc1)c1ccccc1. The third kappa shape index (κ3) is 29.8. The molecular formula is C64H98N2O2. The zero-order valence-corrected chi connectivity index (χ0v) is 46.3. The van der Waals surface area contributed by atoms with E-state index in [2.05, 4.69) is 73.0 Å². The van der Waals surface area contributed by atoms with E-state index >= 15 is 0 Å². The molecule has 2 amide bonds. The number of anilines is 2. The lowest BCUT2D eigenvalue weighted by Gasteiger charge is -2.20. The molecule has 2 unspecified atom stereocenters. The molecule has 4 atom stereocenters. The fraction of sp³-hybridized carbons (Fsp3) is 0.406. The van der Waals surface area contributed by atoms with Gasteiger partial charge in [0.05, 0.1) is 11.8 Å². The van der Waals surface area contributed by atoms with Crippen LogP contribution in [0.4, 0.5) is 11.4 Å². The summed E-state index contributed by atoms with van der Waals surface area (Å²) in [5.41, 5.74) is 6.47. The number of carbonyl (C=O) groups is 2. The summed E-state index contributed by atoms with van der Waals surface area (Å²) in [6, 6.07) is 60.5. The summed E-state index contributed by atoms with van der Waals surface area (Å²) in [6.45, 7) is 36.5. The fourth-order valence-corrected chi connectivity index (χ4v) is 6.50. The summed E-state index contributed by atoms with van der Waals surface area (Å²) in [5, 5.41) is 6.13. The van der Waals surface area contributed by atoms with Gasteiger partial charge in [-0.2, -0.15) is 0 Å². The second-order valence-electron chi connectivity index (χ2n) is 13.4. The van der Waals surface area contributed by atoms with Crippen LogP contribution in [0.5, 0.6) is 0 Å². The van der Waals surface area contributed by atoms with Crippen molar-refractivity contribution in [2.24, 2.45) is 0 Å². The highest BCUT2D eigenvalue weighted by molar-refractivity contribution is 5.96. The molecule has 6 aromatic carbocycles. The van der Waals surface area contributed by atoms with Crippen molar-refractivity contribution >= 4 is 23.2 Å². The molecule has 4 heteroatoms. The fourth-order valence-electron chi connectivity index (χ4n) is 6.50. The van der Waals surface area contributed by atoms with E-state index in [9.17, 15) is 9.59 Å². The third-order valence-corrected chi connectivity index (χ3v) is 9.63. The van der Waals surface area contributed by atoms with Crippen LogP contribution in [0.15, 0.2) is 182 Å². The predicted octanol–water partition coefficient (Wildman–Crippen LogP) is 20.2. The molecule has 0 aliphatic rings. The van der Waals surface area contributed by atoms with Gasteiger partial charge in [0.1, 0.15) is 0 Å². The molecule has 0 fully saturated rings. The molecule has 0 aliphatic heterocycles. The minimum absolute atomic E-state index is 0.0580. The molecule has 0 spiro atoms. The highest BCUT2D eigenvalue weighted by Crippen LogP contribution is 2.30. The standard InChI is InChI=1S/2C24H25NO.8C2H6/c2*1-19(20-11-5-2-6-12-20)17-18-23(21-13-7-3-8-14-21)24(26)25-22-15-9-4-10-16-22;8*1-2/h2*2-16,19,23H,17-18H2,1H3,(H,25,26);8*1-2H3/t2*19?,23-;;;;;;;;/m10......../s1. The molecule has 0 aromatic heterocycles. The number of hydrogen-bond acceptors (Lipinski definition) is 2. The van der Waals surface area contributed by atoms with Crippen molar-refractivity contribution in [3.8, 4) is 0 Å². The van der Waals surface area contributed by atoms with Crippen molar-refractivity contribution < 1.29 is 9.59 Å². The highest BCUT2D eigenvalue weighted by Gasteiger charge is 2.23. The van der Waals surface area contributed by atoms with E-state index in [4.69, 9.17) is 0 Å². The van der Waals surface area contributed by atoms with Crippen molar-refractivity contribution in [1.82, 2.24) is 0 Å². The van der Waals surface area contributed by atoms with Gasteiger partial charge in [-0.1, -0.05) is 282 Å². The van der Waals surface area contributed by atoms with Gasteiger partial charge in [0.15, 0.2) is 0 Å². The quantitative estimate of drug-likeness (QED) is 0.114. The van der Waals surface area contributed by atoms with Crippen molar-refractivity contribution in [1.29, 1.82) is 0 Å². The molecule has 68 heavy (non-hydrogen) atoms. The molecule has 0 radical (unpaired) electrons. The maximum Gasteiger partial charge on any atom is 0.231 e. The first-order chi connectivity index (χ1) is 33.5. The number of hydrogen-bond donors (Lipinski definition) is 2. The van der Waals surface area contributed by atoms with Crippen LogP contribution in [0.1, 0.15) is 196 Å². The first kappa shape index (κ1) is 68.8. The Morgan fingerprint density at radius 2 is 0.485 bits per heavy atom. The molecule has 0 saturated heterocycles. The first-order valence-electron chi connectivity index (χ1n) is 26.4. The van der Waals surface area contributed by atoms with Crippen LogP contribution >= 0.6 is 0 Å². The average molecular weight is 928 g/mol. The van der Waals surface area contributed by atoms with E-state index in [-0.39, 0.29) is 23.7 Å². The van der Waals surface area contributed by atoms with Crippen molar-refractivity contribution in [3.63, 3.8) is 0 Å². The topological polar surface area (TPSA) is 58.2 Å². The molecule has 0 bridgehead atoms. The van der Waals surface area contributed by atoms with Crippen LogP contribution in [0.25, 0.3) is 0 Å². The van der Waals surface area contributed by atoms with Gasteiger partial charge in [-0.3, -0.25) is 9.59 Å². The van der Waals surface area contributed by atoms with E-state index in [1.165, 1.54) is 11.1 Å². The van der Waals surface area contributed by atoms with Crippen LogP contribution in [0.2, 0.25) is 0 Å². The number of amides is 2. The second kappa shape index (κ2) is 50.7. The molecular weight excluding hydrogens is 829 g/mol. The number of nitrogens with one attached hydrogen (secondary N) is 2. The Labute approximate surface area is 419 Å². The molecule has 376 valence electrons. The predicted molar refractivity (Wildman–Crippen MR) is 307 cm³/mol. The minimum atomic E-state index is -0.150. The van der Waals surface area contributed by atoms with Gasteiger partial charge in [0.2, 0.25) is 11.8 Å². The van der Waals surface area contributed by atoms with Crippen molar-refractivity contribution in [2.75, 3.05) is 10.6 Å². The second-order valence-corrected chi connectivity index (χ2v) is 13.4. The van der Waals surface area contributed by atoms with Gasteiger partial charge in [0, 0.05) is 11.4 Å². The van der Waals surface area contributed by atoms with Gasteiger partial charge < -0.3 is 10.6 Å². The Kier molecular flexibility index (Phi) is 51.3. The van der Waals surface area contributed by atoms with Crippen LogP contribution in [0.3, 0.4) is 0 Å². The van der Waals surface area contributed by atoms with Crippen LogP contribution < -0.4 is 10.6 Å². The van der Waals surface area contributed by atoms with Crippen molar-refractivity contribution in [2.45, 2.75) is 174 Å². The lowest BCUT2D eigenvalue weighted by atomic mass is 9.87. The summed E-state index contributed by atoms with van der Waals surface area (Å²) in [4.78, 5) is 25.9. The summed E-state index contributed by atoms with van der Waals surface area (Å²) >= 11 is 0. The maximum atomic E-state index is 13.0. The van der Waals surface area contributed by atoms with Gasteiger partial charge in [-0.25, -0.2) is 0 Å². The summed E-state index contributed by atoms with van der Waals surface area (Å²) in [5.74, 6) is 0.661. The average Bonchev–Trinajstić information content (AvgIpc) is 3.45. The molecule has 6 rings (SSSR count). The van der Waals surface area contributed by atoms with Crippen LogP contribution in [-0.2, 0) is 9.59 Å². The third-order valence-electron chi connectivity index (χ3n) is 9.63. The summed E-state index contributed by atoms with van der Waals surface area (Å²) < 4.78 is 0. The van der Waals surface area contributed by atoms with Crippen LogP contribution in [0, 0.1) is 0 Å². The van der Waals surface area contributed by atoms with E-state index in [1.807, 2.05) is 244 Å². The largest absolute Gasteiger partial charge is 0.326 e. The molecule has 0 saturated carbocycles. The number of benzene rings is 6. The van der Waals surface area contributed by atoms with E-state index in [0.717, 1.165) is 48.2 Å². The van der Waals surface area contributed by atoms with E-state index < -0.39 is 0 Å². The number of carbonyl (C=O) groups excluding carboxylic acids is 2. The molecule has 0 aliphatic carbocycles. The lowest BCUT2D eigenvalue weighted by Crippen LogP contribution is -2.21. The van der Waals surface area contributed by atoms with Gasteiger partial charge in [0.25, 0.3) is 0 Å². The maximum absolute atomic E-state index is 13.0. The summed E-state index contributed by atoms with van der Waals surface area (Å²) in [6.07, 6.45) is 3.56. The zero-order chi connectivity index (χ0) is 52.4. The van der Waals surface area contributed by atoms with Gasteiger partial charge >= 0.3 is 0 Å². The smallest absolute Gasteiger partial charge is 0.231 e. The number of rotatable bonds is 14. The summed E-state index contributed by atoms with van der Waals surface area (Å²) in [7, 11) is 0. The zero-order valence-electron chi connectivity index (χ0n) is 46.3. The van der Waals surface area contributed by atoms with Crippen molar-refractivity contribution in [3.05, 3.63) is 204 Å². The normalized spacial score (nSPS) is 10.6. The lowest BCUT2D eigenvalue weighted by molar-refractivity contribution is -0.118. The van der Waals surface area contributed by atoms with Gasteiger partial charge in [-0.05, 0) is 84.0 Å². The Balaban J connectivity index is -0.000000465. The van der Waals surface area contributed by atoms with Crippen LogP contribution in [-0.4, -0.2) is 11.8 Å². The highest BCUT2D eigenvalue weighted by atomic mass is 16.2. The molecule has 6 aromatic rings. The Bertz CT molecular complexity index is 1740. The van der Waals surface area contributed by atoms with Gasteiger partial charge in [-0.15, -0.1) is 0 Å². The Hall–Kier alpha value is -5.74. The Morgan fingerprint density at radius 1 is 0.294 bits per heavy atom.